The molecule has 2 aromatic rings. The van der Waals surface area contributed by atoms with Gasteiger partial charge in [-0.3, -0.25) is 0 Å². The average molecular weight is 246 g/mol. The van der Waals surface area contributed by atoms with Crippen LogP contribution in [0.15, 0.2) is 36.5 Å². The second-order valence-electron chi connectivity index (χ2n) is 4.32. The topological polar surface area (TPSA) is 59.1 Å². The van der Waals surface area contributed by atoms with Crippen molar-refractivity contribution in [2.45, 2.75) is 19.4 Å². The zero-order valence-corrected chi connectivity index (χ0v) is 10.1. The lowest BCUT2D eigenvalue weighted by molar-refractivity contribution is 0.178. The molecule has 0 saturated carbocycles. The van der Waals surface area contributed by atoms with Crippen molar-refractivity contribution in [3.05, 3.63) is 59.0 Å². The van der Waals surface area contributed by atoms with Crippen molar-refractivity contribution in [1.82, 2.24) is 4.98 Å². The summed E-state index contributed by atoms with van der Waals surface area (Å²) in [5.74, 6) is 0.161. The number of aliphatic hydroxyl groups is 1. The highest BCUT2D eigenvalue weighted by Crippen LogP contribution is 2.21. The zero-order chi connectivity index (χ0) is 13.1. The van der Waals surface area contributed by atoms with Gasteiger partial charge in [0.2, 0.25) is 0 Å². The van der Waals surface area contributed by atoms with Crippen LogP contribution in [-0.2, 0) is 6.42 Å². The molecule has 18 heavy (non-hydrogen) atoms. The molecule has 1 heterocycles. The van der Waals surface area contributed by atoms with Gasteiger partial charge in [0.15, 0.2) is 0 Å². The van der Waals surface area contributed by atoms with Crippen LogP contribution in [0.3, 0.4) is 0 Å². The Labute approximate surface area is 105 Å². The minimum Gasteiger partial charge on any atom is -0.388 e. The van der Waals surface area contributed by atoms with Crippen molar-refractivity contribution >= 4 is 5.82 Å². The third kappa shape index (κ3) is 2.84. The number of anilines is 1. The molecule has 1 aromatic carbocycles. The standard InChI is InChI=1S/C14H15FN2O/c1-9-6-11(2-3-12(9)15)13(18)7-10-4-5-17-14(16)8-10/h2-6,8,13,18H,7H2,1H3,(H2,16,17). The van der Waals surface area contributed by atoms with Gasteiger partial charge in [0.25, 0.3) is 0 Å². The summed E-state index contributed by atoms with van der Waals surface area (Å²) >= 11 is 0. The van der Waals surface area contributed by atoms with Crippen LogP contribution in [0.4, 0.5) is 10.2 Å². The first-order valence-electron chi connectivity index (χ1n) is 5.71. The first-order valence-corrected chi connectivity index (χ1v) is 5.71. The van der Waals surface area contributed by atoms with Crippen LogP contribution < -0.4 is 5.73 Å². The lowest BCUT2D eigenvalue weighted by atomic mass is 10.0. The van der Waals surface area contributed by atoms with Crippen molar-refractivity contribution in [1.29, 1.82) is 0 Å². The smallest absolute Gasteiger partial charge is 0.126 e. The molecule has 0 radical (unpaired) electrons. The Bertz CT molecular complexity index is 557. The van der Waals surface area contributed by atoms with Crippen LogP contribution in [-0.4, -0.2) is 10.1 Å². The summed E-state index contributed by atoms with van der Waals surface area (Å²) in [4.78, 5) is 3.89. The van der Waals surface area contributed by atoms with Crippen LogP contribution in [0.5, 0.6) is 0 Å². The van der Waals surface area contributed by atoms with Crippen LogP contribution in [0.1, 0.15) is 22.8 Å². The van der Waals surface area contributed by atoms with Crippen molar-refractivity contribution in [2.75, 3.05) is 5.73 Å². The van der Waals surface area contributed by atoms with E-state index in [0.29, 0.717) is 23.4 Å². The first kappa shape index (κ1) is 12.5. The largest absolute Gasteiger partial charge is 0.388 e. The Balaban J connectivity index is 2.16. The van der Waals surface area contributed by atoms with Crippen molar-refractivity contribution in [3.8, 4) is 0 Å². The second-order valence-corrected chi connectivity index (χ2v) is 4.32. The minimum atomic E-state index is -0.675. The van der Waals surface area contributed by atoms with Gasteiger partial charge in [0, 0.05) is 12.6 Å². The number of hydrogen-bond acceptors (Lipinski definition) is 3. The molecular formula is C14H15FN2O. The number of hydrogen-bond donors (Lipinski definition) is 2. The number of nitrogen functional groups attached to an aromatic ring is 1. The molecule has 0 saturated heterocycles. The maximum Gasteiger partial charge on any atom is 0.126 e. The summed E-state index contributed by atoms with van der Waals surface area (Å²) in [6.45, 7) is 1.68. The predicted octanol–water partition coefficient (Wildman–Crippen LogP) is 2.39. The Kier molecular flexibility index (Phi) is 3.58. The van der Waals surface area contributed by atoms with Gasteiger partial charge < -0.3 is 10.8 Å². The summed E-state index contributed by atoms with van der Waals surface area (Å²) in [7, 11) is 0. The monoisotopic (exact) mass is 246 g/mol. The maximum absolute atomic E-state index is 13.1. The lowest BCUT2D eigenvalue weighted by Crippen LogP contribution is -2.03. The van der Waals surface area contributed by atoms with E-state index in [-0.39, 0.29) is 5.82 Å². The number of aromatic nitrogens is 1. The fourth-order valence-electron chi connectivity index (χ4n) is 1.84. The molecule has 1 unspecified atom stereocenters. The number of rotatable bonds is 3. The number of nitrogens with zero attached hydrogens (tertiary/aromatic N) is 1. The Morgan fingerprint density at radius 1 is 1.33 bits per heavy atom. The molecule has 2 rings (SSSR count). The Morgan fingerprint density at radius 3 is 2.78 bits per heavy atom. The molecule has 94 valence electrons. The molecule has 0 bridgehead atoms. The molecule has 0 aliphatic heterocycles. The molecule has 0 spiro atoms. The van der Waals surface area contributed by atoms with Crippen LogP contribution in [0.2, 0.25) is 0 Å². The number of benzene rings is 1. The molecule has 0 aliphatic rings. The molecule has 4 heteroatoms. The molecule has 0 fully saturated rings. The van der Waals surface area contributed by atoms with E-state index in [1.165, 1.54) is 6.07 Å². The van der Waals surface area contributed by atoms with E-state index < -0.39 is 6.10 Å². The van der Waals surface area contributed by atoms with E-state index in [0.717, 1.165) is 5.56 Å². The van der Waals surface area contributed by atoms with Crippen molar-refractivity contribution in [3.63, 3.8) is 0 Å². The van der Waals surface area contributed by atoms with Crippen LogP contribution >= 0.6 is 0 Å². The predicted molar refractivity (Wildman–Crippen MR) is 68.5 cm³/mol. The highest BCUT2D eigenvalue weighted by atomic mass is 19.1. The number of aryl methyl sites for hydroxylation is 1. The number of nitrogens with two attached hydrogens (primary N) is 1. The first-order chi connectivity index (χ1) is 8.56. The average Bonchev–Trinajstić information content (AvgIpc) is 2.32. The van der Waals surface area contributed by atoms with Crippen molar-refractivity contribution < 1.29 is 9.50 Å². The lowest BCUT2D eigenvalue weighted by Gasteiger charge is -2.12. The third-order valence-electron chi connectivity index (χ3n) is 2.84. The van der Waals surface area contributed by atoms with E-state index in [9.17, 15) is 9.50 Å². The van der Waals surface area contributed by atoms with Gasteiger partial charge in [-0.1, -0.05) is 12.1 Å². The van der Waals surface area contributed by atoms with E-state index in [1.54, 1.807) is 37.4 Å². The molecule has 3 N–H and O–H groups in total. The number of pyridine rings is 1. The van der Waals surface area contributed by atoms with E-state index in [2.05, 4.69) is 4.98 Å². The number of halogens is 1. The van der Waals surface area contributed by atoms with Gasteiger partial charge in [-0.25, -0.2) is 9.37 Å². The van der Waals surface area contributed by atoms with E-state index in [4.69, 9.17) is 5.73 Å². The van der Waals surface area contributed by atoms with Crippen molar-refractivity contribution in [2.24, 2.45) is 0 Å². The molecular weight excluding hydrogens is 231 g/mol. The Morgan fingerprint density at radius 2 is 2.11 bits per heavy atom. The molecule has 0 aliphatic carbocycles. The highest BCUT2D eigenvalue weighted by Gasteiger charge is 2.10. The Hall–Kier alpha value is -1.94. The maximum atomic E-state index is 13.1. The summed E-state index contributed by atoms with van der Waals surface area (Å²) in [6.07, 6.45) is 1.36. The van der Waals surface area contributed by atoms with E-state index >= 15 is 0 Å². The highest BCUT2D eigenvalue weighted by molar-refractivity contribution is 5.33. The van der Waals surface area contributed by atoms with Gasteiger partial charge in [-0.2, -0.15) is 0 Å². The normalized spacial score (nSPS) is 12.4. The van der Waals surface area contributed by atoms with Gasteiger partial charge in [0.1, 0.15) is 11.6 Å². The minimum absolute atomic E-state index is 0.265. The van der Waals surface area contributed by atoms with Crippen LogP contribution in [0.25, 0.3) is 0 Å². The summed E-state index contributed by atoms with van der Waals surface area (Å²) in [5, 5.41) is 10.1. The van der Waals surface area contributed by atoms with Gasteiger partial charge in [0.05, 0.1) is 6.10 Å². The van der Waals surface area contributed by atoms with Gasteiger partial charge >= 0.3 is 0 Å². The summed E-state index contributed by atoms with van der Waals surface area (Å²) < 4.78 is 13.1. The zero-order valence-electron chi connectivity index (χ0n) is 10.1. The fourth-order valence-corrected chi connectivity index (χ4v) is 1.84. The fraction of sp³-hybridized carbons (Fsp3) is 0.214. The summed E-state index contributed by atoms with van der Waals surface area (Å²) in [6, 6.07) is 8.15. The molecule has 1 aromatic heterocycles. The summed E-state index contributed by atoms with van der Waals surface area (Å²) in [5.41, 5.74) is 7.70. The molecule has 1 atom stereocenters. The van der Waals surface area contributed by atoms with Gasteiger partial charge in [-0.15, -0.1) is 0 Å². The third-order valence-corrected chi connectivity index (χ3v) is 2.84. The van der Waals surface area contributed by atoms with E-state index in [1.807, 2.05) is 0 Å². The van der Waals surface area contributed by atoms with Gasteiger partial charge in [-0.05, 0) is 41.8 Å². The number of aliphatic hydroxyl groups excluding tert-OH is 1. The second kappa shape index (κ2) is 5.14. The molecule has 0 amide bonds. The SMILES string of the molecule is Cc1cc(C(O)Cc2ccnc(N)c2)ccc1F. The molecule has 3 nitrogen and oxygen atoms in total. The van der Waals surface area contributed by atoms with Crippen LogP contribution in [0, 0.1) is 12.7 Å². The quantitative estimate of drug-likeness (QED) is 0.874.